The van der Waals surface area contributed by atoms with Crippen LogP contribution in [0.3, 0.4) is 0 Å². The Morgan fingerprint density at radius 1 is 0.952 bits per heavy atom. The molecule has 0 amide bonds. The molecule has 0 bridgehead atoms. The van der Waals surface area contributed by atoms with Gasteiger partial charge in [-0.15, -0.1) is 0 Å². The fourth-order valence-electron chi connectivity index (χ4n) is 6.85. The maximum atomic E-state index is 12.3. The van der Waals surface area contributed by atoms with Crippen molar-refractivity contribution >= 4 is 5.78 Å². The molecule has 4 aliphatic carbocycles. The Morgan fingerprint density at radius 3 is 2.52 bits per heavy atom. The van der Waals surface area contributed by atoms with Crippen molar-refractivity contribution in [1.82, 2.24) is 0 Å². The van der Waals surface area contributed by atoms with E-state index >= 15 is 0 Å². The van der Waals surface area contributed by atoms with E-state index in [-0.39, 0.29) is 5.41 Å². The lowest BCUT2D eigenvalue weighted by Gasteiger charge is -2.55. The average Bonchev–Trinajstić information content (AvgIpc) is 2.73. The Balaban J connectivity index is 1.57. The van der Waals surface area contributed by atoms with Crippen LogP contribution in [0.4, 0.5) is 0 Å². The Hall–Kier alpha value is -0.370. The van der Waals surface area contributed by atoms with Crippen molar-refractivity contribution < 1.29 is 9.90 Å². The van der Waals surface area contributed by atoms with Crippen molar-refractivity contribution in [3.63, 3.8) is 0 Å². The highest BCUT2D eigenvalue weighted by molar-refractivity contribution is 5.87. The van der Waals surface area contributed by atoms with Gasteiger partial charge in [0.2, 0.25) is 0 Å². The molecule has 0 heterocycles. The van der Waals surface area contributed by atoms with Crippen LogP contribution in [0.2, 0.25) is 0 Å². The predicted molar refractivity (Wildman–Crippen MR) is 82.7 cm³/mol. The zero-order valence-electron chi connectivity index (χ0n) is 13.6. The second-order valence-electron chi connectivity index (χ2n) is 9.09. The SMILES string of the molecule is C[C@]1(O)CC[C@H]2[C@H](CC[C@@H]3[C@@H]2CC[C@]2(C)C(=O)CC[C@@H]32)C1. The molecule has 0 aliphatic heterocycles. The Bertz CT molecular complexity index is 454. The zero-order valence-corrected chi connectivity index (χ0v) is 13.6. The van der Waals surface area contributed by atoms with Gasteiger partial charge >= 0.3 is 0 Å². The van der Waals surface area contributed by atoms with Gasteiger partial charge in [0.25, 0.3) is 0 Å². The van der Waals surface area contributed by atoms with Crippen LogP contribution in [0.15, 0.2) is 0 Å². The molecule has 7 atom stereocenters. The highest BCUT2D eigenvalue weighted by Gasteiger charge is 2.57. The molecule has 0 aromatic rings. The van der Waals surface area contributed by atoms with Crippen molar-refractivity contribution in [1.29, 1.82) is 0 Å². The van der Waals surface area contributed by atoms with Gasteiger partial charge in [-0.1, -0.05) is 6.92 Å². The van der Waals surface area contributed by atoms with E-state index in [4.69, 9.17) is 0 Å². The number of rotatable bonds is 0. The molecule has 4 saturated carbocycles. The second-order valence-corrected chi connectivity index (χ2v) is 9.09. The van der Waals surface area contributed by atoms with E-state index in [1.165, 1.54) is 25.7 Å². The highest BCUT2D eigenvalue weighted by atomic mass is 16.3. The molecule has 4 fully saturated rings. The van der Waals surface area contributed by atoms with Gasteiger partial charge in [-0.05, 0) is 87.9 Å². The standard InChI is InChI=1S/C19H30O2/c1-18(21)9-7-13-12(11-18)3-4-15-14(13)8-10-19(2)16(15)5-6-17(19)20/h12-16,21H,3-11H2,1-2H3/t12-,13+,14-,15-,16+,18+,19+/m1/s1. The third-order valence-corrected chi connectivity index (χ3v) is 7.95. The summed E-state index contributed by atoms with van der Waals surface area (Å²) in [6.07, 6.45) is 10.2. The number of aliphatic hydroxyl groups is 1. The van der Waals surface area contributed by atoms with Gasteiger partial charge in [0.15, 0.2) is 0 Å². The van der Waals surface area contributed by atoms with Crippen LogP contribution in [-0.4, -0.2) is 16.5 Å². The van der Waals surface area contributed by atoms with Crippen molar-refractivity contribution in [2.75, 3.05) is 0 Å². The van der Waals surface area contributed by atoms with E-state index in [0.29, 0.717) is 11.7 Å². The first-order chi connectivity index (χ1) is 9.91. The molecule has 2 nitrogen and oxygen atoms in total. The van der Waals surface area contributed by atoms with E-state index in [0.717, 1.165) is 55.8 Å². The fraction of sp³-hybridized carbons (Fsp3) is 0.947. The minimum Gasteiger partial charge on any atom is -0.390 e. The minimum atomic E-state index is -0.416. The number of ketones is 1. The fourth-order valence-corrected chi connectivity index (χ4v) is 6.85. The quantitative estimate of drug-likeness (QED) is 0.733. The summed E-state index contributed by atoms with van der Waals surface area (Å²) < 4.78 is 0. The summed E-state index contributed by atoms with van der Waals surface area (Å²) >= 11 is 0. The molecule has 2 heteroatoms. The van der Waals surface area contributed by atoms with Crippen LogP contribution in [0.5, 0.6) is 0 Å². The highest BCUT2D eigenvalue weighted by Crippen LogP contribution is 2.61. The summed E-state index contributed by atoms with van der Waals surface area (Å²) in [5, 5.41) is 10.4. The average molecular weight is 290 g/mol. The van der Waals surface area contributed by atoms with Gasteiger partial charge in [-0.3, -0.25) is 4.79 Å². The van der Waals surface area contributed by atoms with Gasteiger partial charge in [0.1, 0.15) is 5.78 Å². The Labute approximate surface area is 128 Å². The molecular weight excluding hydrogens is 260 g/mol. The van der Waals surface area contributed by atoms with Crippen LogP contribution in [0, 0.1) is 35.0 Å². The monoisotopic (exact) mass is 290 g/mol. The molecule has 0 aromatic carbocycles. The molecule has 0 saturated heterocycles. The smallest absolute Gasteiger partial charge is 0.139 e. The lowest BCUT2D eigenvalue weighted by Crippen LogP contribution is -2.50. The van der Waals surface area contributed by atoms with Crippen LogP contribution < -0.4 is 0 Å². The number of carbonyl (C=O) groups is 1. The lowest BCUT2D eigenvalue weighted by molar-refractivity contribution is -0.134. The normalized spacial score (nSPS) is 56.5. The van der Waals surface area contributed by atoms with E-state index in [1.807, 2.05) is 6.92 Å². The molecule has 0 unspecified atom stereocenters. The summed E-state index contributed by atoms with van der Waals surface area (Å²) in [6, 6.07) is 0. The van der Waals surface area contributed by atoms with Crippen molar-refractivity contribution in [2.45, 2.75) is 77.2 Å². The molecule has 21 heavy (non-hydrogen) atoms. The first-order valence-corrected chi connectivity index (χ1v) is 9.16. The van der Waals surface area contributed by atoms with Crippen LogP contribution in [-0.2, 0) is 4.79 Å². The summed E-state index contributed by atoms with van der Waals surface area (Å²) in [5.74, 6) is 4.47. The predicted octanol–water partition coefficient (Wildman–Crippen LogP) is 3.96. The van der Waals surface area contributed by atoms with Gasteiger partial charge < -0.3 is 5.11 Å². The van der Waals surface area contributed by atoms with Crippen LogP contribution >= 0.6 is 0 Å². The molecule has 0 spiro atoms. The van der Waals surface area contributed by atoms with Gasteiger partial charge in [-0.2, -0.15) is 0 Å². The summed E-state index contributed by atoms with van der Waals surface area (Å²) in [4.78, 5) is 12.3. The Kier molecular flexibility index (Phi) is 3.10. The van der Waals surface area contributed by atoms with E-state index in [1.54, 1.807) is 0 Å². The molecule has 4 aliphatic rings. The molecule has 0 radical (unpaired) electrons. The first kappa shape index (κ1) is 14.2. The van der Waals surface area contributed by atoms with Crippen LogP contribution in [0.25, 0.3) is 0 Å². The molecule has 118 valence electrons. The van der Waals surface area contributed by atoms with Crippen molar-refractivity contribution in [2.24, 2.45) is 35.0 Å². The van der Waals surface area contributed by atoms with Gasteiger partial charge in [-0.25, -0.2) is 0 Å². The first-order valence-electron chi connectivity index (χ1n) is 9.16. The van der Waals surface area contributed by atoms with Gasteiger partial charge in [0.05, 0.1) is 5.60 Å². The summed E-state index contributed by atoms with van der Waals surface area (Å²) in [7, 11) is 0. The van der Waals surface area contributed by atoms with Crippen molar-refractivity contribution in [3.8, 4) is 0 Å². The maximum Gasteiger partial charge on any atom is 0.139 e. The third-order valence-electron chi connectivity index (χ3n) is 7.95. The second kappa shape index (κ2) is 4.57. The van der Waals surface area contributed by atoms with E-state index in [2.05, 4.69) is 6.92 Å². The summed E-state index contributed by atoms with van der Waals surface area (Å²) in [6.45, 7) is 4.30. The van der Waals surface area contributed by atoms with E-state index in [9.17, 15) is 9.90 Å². The molecule has 0 aromatic heterocycles. The number of hydrogen-bond acceptors (Lipinski definition) is 2. The van der Waals surface area contributed by atoms with Crippen molar-refractivity contribution in [3.05, 3.63) is 0 Å². The number of hydrogen-bond donors (Lipinski definition) is 1. The third kappa shape index (κ3) is 2.04. The number of carbonyl (C=O) groups excluding carboxylic acids is 1. The number of fused-ring (bicyclic) bond motifs is 5. The summed E-state index contributed by atoms with van der Waals surface area (Å²) in [5.41, 5.74) is -0.394. The molecular formula is C19H30O2. The molecule has 4 rings (SSSR count). The lowest BCUT2D eigenvalue weighted by atomic mass is 9.50. The Morgan fingerprint density at radius 2 is 1.71 bits per heavy atom. The van der Waals surface area contributed by atoms with Gasteiger partial charge in [0, 0.05) is 11.8 Å². The maximum absolute atomic E-state index is 12.3. The molecule has 1 N–H and O–H groups in total. The minimum absolute atomic E-state index is 0.0220. The van der Waals surface area contributed by atoms with Crippen LogP contribution in [0.1, 0.15) is 71.6 Å². The number of Topliss-reactive ketones (excluding diaryl/α,β-unsaturated/α-hetero) is 1. The topological polar surface area (TPSA) is 37.3 Å². The largest absolute Gasteiger partial charge is 0.390 e. The van der Waals surface area contributed by atoms with E-state index < -0.39 is 5.60 Å². The zero-order chi connectivity index (χ0) is 14.8.